The molecule has 0 aromatic heterocycles. The molecule has 0 saturated carbocycles. The third-order valence-corrected chi connectivity index (χ3v) is 4.69. The summed E-state index contributed by atoms with van der Waals surface area (Å²) in [5.41, 5.74) is 13.6. The van der Waals surface area contributed by atoms with Crippen molar-refractivity contribution >= 4 is 0 Å². The van der Waals surface area contributed by atoms with Crippen molar-refractivity contribution in [3.8, 4) is 0 Å². The van der Waals surface area contributed by atoms with Crippen molar-refractivity contribution in [1.82, 2.24) is 4.90 Å². The van der Waals surface area contributed by atoms with Crippen molar-refractivity contribution in [2.24, 2.45) is 5.73 Å². The summed E-state index contributed by atoms with van der Waals surface area (Å²) in [7, 11) is 0. The zero-order valence-electron chi connectivity index (χ0n) is 15.8. The molecule has 0 heterocycles. The van der Waals surface area contributed by atoms with Crippen molar-refractivity contribution in [3.05, 3.63) is 106 Å². The molecule has 0 fully saturated rings. The molecule has 2 heteroatoms. The lowest BCUT2D eigenvalue weighted by molar-refractivity contribution is 0.247. The van der Waals surface area contributed by atoms with E-state index in [2.05, 4.69) is 91.5 Å². The van der Waals surface area contributed by atoms with E-state index in [1.807, 2.05) is 0 Å². The SMILES string of the molecule is Cc1ccc(CN(Cc2ccc(C)cc2)Cc2cccc(CN)c2)cc1. The molecular formula is C24H28N2. The lowest BCUT2D eigenvalue weighted by atomic mass is 10.1. The van der Waals surface area contributed by atoms with Gasteiger partial charge in [-0.15, -0.1) is 0 Å². The van der Waals surface area contributed by atoms with E-state index < -0.39 is 0 Å². The number of nitrogens with zero attached hydrogens (tertiary/aromatic N) is 1. The third kappa shape index (κ3) is 5.29. The van der Waals surface area contributed by atoms with Crippen LogP contribution in [0.4, 0.5) is 0 Å². The van der Waals surface area contributed by atoms with Gasteiger partial charge in [0, 0.05) is 26.2 Å². The quantitative estimate of drug-likeness (QED) is 0.656. The molecule has 0 radical (unpaired) electrons. The van der Waals surface area contributed by atoms with E-state index in [0.29, 0.717) is 6.54 Å². The summed E-state index contributed by atoms with van der Waals surface area (Å²) in [6.07, 6.45) is 0. The van der Waals surface area contributed by atoms with Gasteiger partial charge < -0.3 is 5.73 Å². The molecule has 3 aromatic rings. The maximum atomic E-state index is 5.81. The molecule has 0 aliphatic carbocycles. The van der Waals surface area contributed by atoms with Crippen LogP contribution >= 0.6 is 0 Å². The van der Waals surface area contributed by atoms with Crippen LogP contribution in [0.25, 0.3) is 0 Å². The maximum absolute atomic E-state index is 5.81. The Morgan fingerprint density at radius 1 is 0.615 bits per heavy atom. The summed E-state index contributed by atoms with van der Waals surface area (Å²) >= 11 is 0. The molecule has 26 heavy (non-hydrogen) atoms. The van der Waals surface area contributed by atoms with E-state index in [1.165, 1.54) is 33.4 Å². The molecule has 2 N–H and O–H groups in total. The number of benzene rings is 3. The molecule has 0 spiro atoms. The molecule has 3 rings (SSSR count). The van der Waals surface area contributed by atoms with Crippen LogP contribution in [0.3, 0.4) is 0 Å². The van der Waals surface area contributed by atoms with Gasteiger partial charge in [0.25, 0.3) is 0 Å². The van der Waals surface area contributed by atoms with Gasteiger partial charge in [-0.05, 0) is 36.1 Å². The van der Waals surface area contributed by atoms with Crippen molar-refractivity contribution < 1.29 is 0 Å². The molecule has 0 atom stereocenters. The van der Waals surface area contributed by atoms with Crippen molar-refractivity contribution in [1.29, 1.82) is 0 Å². The summed E-state index contributed by atoms with van der Waals surface area (Å²) in [4.78, 5) is 2.49. The highest BCUT2D eigenvalue weighted by molar-refractivity contribution is 5.26. The van der Waals surface area contributed by atoms with Gasteiger partial charge in [-0.25, -0.2) is 0 Å². The molecule has 3 aromatic carbocycles. The molecule has 0 unspecified atom stereocenters. The predicted molar refractivity (Wildman–Crippen MR) is 110 cm³/mol. The van der Waals surface area contributed by atoms with Gasteiger partial charge in [-0.1, -0.05) is 83.9 Å². The topological polar surface area (TPSA) is 29.3 Å². The first-order valence-electron chi connectivity index (χ1n) is 9.24. The normalized spacial score (nSPS) is 11.1. The summed E-state index contributed by atoms with van der Waals surface area (Å²) < 4.78 is 0. The minimum atomic E-state index is 0.587. The van der Waals surface area contributed by atoms with Gasteiger partial charge in [0.15, 0.2) is 0 Å². The highest BCUT2D eigenvalue weighted by Gasteiger charge is 2.09. The Morgan fingerprint density at radius 3 is 1.58 bits per heavy atom. The van der Waals surface area contributed by atoms with Crippen LogP contribution < -0.4 is 5.73 Å². The molecular weight excluding hydrogens is 316 g/mol. The number of aryl methyl sites for hydroxylation is 2. The van der Waals surface area contributed by atoms with Crippen molar-refractivity contribution in [2.45, 2.75) is 40.0 Å². The Balaban J connectivity index is 1.79. The Kier molecular flexibility index (Phi) is 6.21. The average molecular weight is 345 g/mol. The van der Waals surface area contributed by atoms with Gasteiger partial charge in [-0.2, -0.15) is 0 Å². The number of rotatable bonds is 7. The summed E-state index contributed by atoms with van der Waals surface area (Å²) in [6, 6.07) is 26.3. The van der Waals surface area contributed by atoms with Gasteiger partial charge in [-0.3, -0.25) is 4.90 Å². The van der Waals surface area contributed by atoms with E-state index in [9.17, 15) is 0 Å². The van der Waals surface area contributed by atoms with Crippen LogP contribution in [0.15, 0.2) is 72.8 Å². The molecule has 0 saturated heterocycles. The van der Waals surface area contributed by atoms with Crippen LogP contribution in [-0.4, -0.2) is 4.90 Å². The van der Waals surface area contributed by atoms with Crippen LogP contribution in [-0.2, 0) is 26.2 Å². The smallest absolute Gasteiger partial charge is 0.0240 e. The Hall–Kier alpha value is -2.42. The summed E-state index contributed by atoms with van der Waals surface area (Å²) in [5.74, 6) is 0. The number of hydrogen-bond donors (Lipinski definition) is 1. The lowest BCUT2D eigenvalue weighted by Crippen LogP contribution is -2.22. The second kappa shape index (κ2) is 8.79. The van der Waals surface area contributed by atoms with Gasteiger partial charge in [0.2, 0.25) is 0 Å². The Morgan fingerprint density at radius 2 is 1.08 bits per heavy atom. The molecule has 0 bridgehead atoms. The Labute approximate surface area is 157 Å². The first-order chi connectivity index (χ1) is 12.6. The monoisotopic (exact) mass is 344 g/mol. The standard InChI is InChI=1S/C24H28N2/c1-19-6-10-21(11-7-19)16-26(17-22-12-8-20(2)9-13-22)18-24-5-3-4-23(14-24)15-25/h3-14H,15-18,25H2,1-2H3. The fraction of sp³-hybridized carbons (Fsp3) is 0.250. The van der Waals surface area contributed by atoms with Gasteiger partial charge in [0.05, 0.1) is 0 Å². The average Bonchev–Trinajstić information content (AvgIpc) is 2.65. The zero-order valence-corrected chi connectivity index (χ0v) is 15.8. The van der Waals surface area contributed by atoms with Gasteiger partial charge >= 0.3 is 0 Å². The zero-order chi connectivity index (χ0) is 18.4. The van der Waals surface area contributed by atoms with Crippen molar-refractivity contribution in [2.75, 3.05) is 0 Å². The van der Waals surface area contributed by atoms with Crippen LogP contribution in [0, 0.1) is 13.8 Å². The Bertz CT molecular complexity index is 772. The highest BCUT2D eigenvalue weighted by Crippen LogP contribution is 2.16. The van der Waals surface area contributed by atoms with Crippen molar-refractivity contribution in [3.63, 3.8) is 0 Å². The fourth-order valence-electron chi connectivity index (χ4n) is 3.18. The highest BCUT2D eigenvalue weighted by atomic mass is 15.1. The third-order valence-electron chi connectivity index (χ3n) is 4.69. The summed E-state index contributed by atoms with van der Waals surface area (Å²) in [6.45, 7) is 7.62. The van der Waals surface area contributed by atoms with E-state index in [0.717, 1.165) is 19.6 Å². The molecule has 2 nitrogen and oxygen atoms in total. The van der Waals surface area contributed by atoms with Gasteiger partial charge in [0.1, 0.15) is 0 Å². The number of hydrogen-bond acceptors (Lipinski definition) is 2. The minimum Gasteiger partial charge on any atom is -0.326 e. The maximum Gasteiger partial charge on any atom is 0.0240 e. The largest absolute Gasteiger partial charge is 0.326 e. The lowest BCUT2D eigenvalue weighted by Gasteiger charge is -2.23. The van der Waals surface area contributed by atoms with Crippen LogP contribution in [0.1, 0.15) is 33.4 Å². The fourth-order valence-corrected chi connectivity index (χ4v) is 3.18. The molecule has 0 aliphatic rings. The van der Waals surface area contributed by atoms with E-state index >= 15 is 0 Å². The van der Waals surface area contributed by atoms with Crippen LogP contribution in [0.2, 0.25) is 0 Å². The summed E-state index contributed by atoms with van der Waals surface area (Å²) in [5, 5.41) is 0. The predicted octanol–water partition coefficient (Wildman–Crippen LogP) is 4.96. The van der Waals surface area contributed by atoms with E-state index in [-0.39, 0.29) is 0 Å². The molecule has 0 aliphatic heterocycles. The second-order valence-electron chi connectivity index (χ2n) is 7.14. The minimum absolute atomic E-state index is 0.587. The first-order valence-corrected chi connectivity index (χ1v) is 9.24. The second-order valence-corrected chi connectivity index (χ2v) is 7.14. The first kappa shape index (κ1) is 18.4. The molecule has 0 amide bonds. The molecule has 134 valence electrons. The van der Waals surface area contributed by atoms with E-state index in [1.54, 1.807) is 0 Å². The number of nitrogens with two attached hydrogens (primary N) is 1. The van der Waals surface area contributed by atoms with Crippen LogP contribution in [0.5, 0.6) is 0 Å². The van der Waals surface area contributed by atoms with E-state index in [4.69, 9.17) is 5.73 Å².